The molecule has 0 radical (unpaired) electrons. The van der Waals surface area contributed by atoms with E-state index in [4.69, 9.17) is 4.74 Å². The van der Waals surface area contributed by atoms with E-state index in [0.717, 1.165) is 62.3 Å². The van der Waals surface area contributed by atoms with Crippen molar-refractivity contribution < 1.29 is 13.5 Å². The average Bonchev–Trinajstić information content (AvgIpc) is 3.34. The molecule has 0 aromatic heterocycles. The van der Waals surface area contributed by atoms with E-state index in [0.29, 0.717) is 17.8 Å². The van der Waals surface area contributed by atoms with Crippen LogP contribution in [-0.2, 0) is 11.8 Å². The molecular weight excluding hydrogens is 426 g/mol. The van der Waals surface area contributed by atoms with Crippen LogP contribution in [0.3, 0.4) is 0 Å². The molecule has 0 unspecified atom stereocenters. The number of hydrogen-bond acceptors (Lipinski definition) is 1. The lowest BCUT2D eigenvalue weighted by molar-refractivity contribution is 0.0173. The summed E-state index contributed by atoms with van der Waals surface area (Å²) in [5, 5.41) is 0. The lowest BCUT2D eigenvalue weighted by atomic mass is 9.50. The van der Waals surface area contributed by atoms with Gasteiger partial charge in [0.1, 0.15) is 23.0 Å². The van der Waals surface area contributed by atoms with Gasteiger partial charge in [0.2, 0.25) is 0 Å². The quantitative estimate of drug-likeness (QED) is 0.442. The summed E-state index contributed by atoms with van der Waals surface area (Å²) in [5.41, 5.74) is 3.77. The molecule has 1 nitrogen and oxygen atoms in total. The van der Waals surface area contributed by atoms with E-state index in [9.17, 15) is 8.78 Å². The molecule has 0 aliphatic heterocycles. The van der Waals surface area contributed by atoms with Gasteiger partial charge in [-0.2, -0.15) is 0 Å². The summed E-state index contributed by atoms with van der Waals surface area (Å²) in [6, 6.07) is 11.1. The van der Waals surface area contributed by atoms with Gasteiger partial charge >= 0.3 is 0 Å². The molecule has 4 aliphatic rings. The van der Waals surface area contributed by atoms with Gasteiger partial charge in [0.05, 0.1) is 0 Å². The minimum absolute atomic E-state index is 0.00276. The van der Waals surface area contributed by atoms with E-state index >= 15 is 0 Å². The maximum Gasteiger partial charge on any atom is 0.126 e. The maximum absolute atomic E-state index is 14.2. The second kappa shape index (κ2) is 7.80. The minimum atomic E-state index is -0.451. The Kier molecular flexibility index (Phi) is 5.18. The number of rotatable bonds is 3. The third-order valence-electron chi connectivity index (χ3n) is 10.8. The molecule has 2 aromatic carbocycles. The SMILES string of the molecule is CC1(Oc2ccc3c(c2)CC[C@@H]2[C@@H]3CC[C@@]3(C)[C@H]2CC[C@]3(C)c2cc(F)cc(F)c2)CCCC1. The molecule has 5 atom stereocenters. The van der Waals surface area contributed by atoms with E-state index in [-0.39, 0.29) is 16.4 Å². The van der Waals surface area contributed by atoms with Crippen molar-refractivity contribution >= 4 is 0 Å². The molecule has 4 aliphatic carbocycles. The van der Waals surface area contributed by atoms with Crippen LogP contribution in [0.15, 0.2) is 36.4 Å². The first-order chi connectivity index (χ1) is 16.2. The number of halogens is 2. The highest BCUT2D eigenvalue weighted by molar-refractivity contribution is 5.42. The third-order valence-corrected chi connectivity index (χ3v) is 10.8. The van der Waals surface area contributed by atoms with E-state index < -0.39 is 11.6 Å². The molecule has 0 saturated heterocycles. The van der Waals surface area contributed by atoms with Crippen LogP contribution in [0.2, 0.25) is 0 Å². The number of aryl methyl sites for hydroxylation is 1. The standard InChI is InChI=1S/C31H38F2O/c1-29(12-4-5-13-29)34-24-7-9-25-20(16-24)6-8-27-26(25)10-14-31(3)28(27)11-15-30(31,2)21-17-22(32)19-23(33)18-21/h7,9,16-19,26-28H,4-6,8,10-15H2,1-3H3/t26-,27-,28+,30-,31+/m1/s1. The zero-order chi connectivity index (χ0) is 23.7. The summed E-state index contributed by atoms with van der Waals surface area (Å²) in [4.78, 5) is 0. The van der Waals surface area contributed by atoms with Crippen LogP contribution in [0, 0.1) is 28.9 Å². The Morgan fingerprint density at radius 3 is 2.29 bits per heavy atom. The minimum Gasteiger partial charge on any atom is -0.488 e. The van der Waals surface area contributed by atoms with E-state index in [2.05, 4.69) is 39.0 Å². The largest absolute Gasteiger partial charge is 0.488 e. The van der Waals surface area contributed by atoms with Crippen LogP contribution in [0.5, 0.6) is 5.75 Å². The number of hydrogen-bond donors (Lipinski definition) is 0. The van der Waals surface area contributed by atoms with E-state index in [1.165, 1.54) is 30.4 Å². The molecule has 0 N–H and O–H groups in total. The van der Waals surface area contributed by atoms with Crippen LogP contribution in [0.25, 0.3) is 0 Å². The Labute approximate surface area is 203 Å². The van der Waals surface area contributed by atoms with Crippen LogP contribution < -0.4 is 4.74 Å². The van der Waals surface area contributed by atoms with Crippen molar-refractivity contribution in [3.05, 3.63) is 64.7 Å². The number of ether oxygens (including phenoxy) is 1. The van der Waals surface area contributed by atoms with Crippen molar-refractivity contribution in [3.63, 3.8) is 0 Å². The monoisotopic (exact) mass is 464 g/mol. The fraction of sp³-hybridized carbons (Fsp3) is 0.613. The van der Waals surface area contributed by atoms with Crippen LogP contribution in [-0.4, -0.2) is 5.60 Å². The first-order valence-electron chi connectivity index (χ1n) is 13.5. The molecule has 0 amide bonds. The normalized spacial score (nSPS) is 36.0. The van der Waals surface area contributed by atoms with Gasteiger partial charge in [0.25, 0.3) is 0 Å². The van der Waals surface area contributed by atoms with Gasteiger partial charge in [-0.05, 0) is 141 Å². The first kappa shape index (κ1) is 22.6. The number of fused-ring (bicyclic) bond motifs is 5. The van der Waals surface area contributed by atoms with Crippen molar-refractivity contribution in [2.75, 3.05) is 0 Å². The highest BCUT2D eigenvalue weighted by atomic mass is 19.1. The zero-order valence-corrected chi connectivity index (χ0v) is 20.9. The van der Waals surface area contributed by atoms with Gasteiger partial charge in [0, 0.05) is 6.07 Å². The molecule has 34 heavy (non-hydrogen) atoms. The fourth-order valence-corrected chi connectivity index (χ4v) is 8.75. The summed E-state index contributed by atoms with van der Waals surface area (Å²) < 4.78 is 34.8. The summed E-state index contributed by atoms with van der Waals surface area (Å²) in [6.07, 6.45) is 11.6. The van der Waals surface area contributed by atoms with Crippen molar-refractivity contribution in [1.82, 2.24) is 0 Å². The smallest absolute Gasteiger partial charge is 0.126 e. The first-order valence-corrected chi connectivity index (χ1v) is 13.5. The van der Waals surface area contributed by atoms with Crippen molar-refractivity contribution in [1.29, 1.82) is 0 Å². The molecule has 2 aromatic rings. The second-order valence-electron chi connectivity index (χ2n) is 12.5. The third kappa shape index (κ3) is 3.36. The lowest BCUT2D eigenvalue weighted by Gasteiger charge is -2.54. The molecule has 182 valence electrons. The van der Waals surface area contributed by atoms with Gasteiger partial charge < -0.3 is 4.74 Å². The summed E-state index contributed by atoms with van der Waals surface area (Å²) in [7, 11) is 0. The van der Waals surface area contributed by atoms with Gasteiger partial charge in [-0.1, -0.05) is 19.9 Å². The highest BCUT2D eigenvalue weighted by Crippen LogP contribution is 2.67. The summed E-state index contributed by atoms with van der Waals surface area (Å²) >= 11 is 0. The Morgan fingerprint density at radius 1 is 0.824 bits per heavy atom. The molecule has 3 saturated carbocycles. The predicted molar refractivity (Wildman–Crippen MR) is 132 cm³/mol. The van der Waals surface area contributed by atoms with E-state index in [1.807, 2.05) is 0 Å². The Balaban J connectivity index is 1.27. The Hall–Kier alpha value is -1.90. The molecule has 0 heterocycles. The maximum atomic E-state index is 14.2. The highest BCUT2D eigenvalue weighted by Gasteiger charge is 2.60. The fourth-order valence-electron chi connectivity index (χ4n) is 8.75. The summed E-state index contributed by atoms with van der Waals surface area (Å²) in [6.45, 7) is 6.95. The molecule has 6 rings (SSSR count). The zero-order valence-electron chi connectivity index (χ0n) is 20.9. The summed E-state index contributed by atoms with van der Waals surface area (Å²) in [5.74, 6) is 2.00. The van der Waals surface area contributed by atoms with Crippen LogP contribution in [0.1, 0.15) is 101 Å². The molecule has 3 fully saturated rings. The van der Waals surface area contributed by atoms with Crippen LogP contribution >= 0.6 is 0 Å². The molecule has 0 bridgehead atoms. The van der Waals surface area contributed by atoms with E-state index in [1.54, 1.807) is 12.1 Å². The topological polar surface area (TPSA) is 9.23 Å². The van der Waals surface area contributed by atoms with Crippen LogP contribution in [0.4, 0.5) is 8.78 Å². The predicted octanol–water partition coefficient (Wildman–Crippen LogP) is 8.49. The van der Waals surface area contributed by atoms with Crippen molar-refractivity contribution in [2.45, 2.75) is 102 Å². The second-order valence-corrected chi connectivity index (χ2v) is 12.5. The van der Waals surface area contributed by atoms with Gasteiger partial charge in [-0.25, -0.2) is 8.78 Å². The van der Waals surface area contributed by atoms with Gasteiger partial charge in [0.15, 0.2) is 0 Å². The Morgan fingerprint density at radius 2 is 1.56 bits per heavy atom. The van der Waals surface area contributed by atoms with Gasteiger partial charge in [-0.3, -0.25) is 0 Å². The molecule has 3 heteroatoms. The number of benzene rings is 2. The lowest BCUT2D eigenvalue weighted by Crippen LogP contribution is -2.48. The molecular formula is C31H38F2O. The van der Waals surface area contributed by atoms with Crippen molar-refractivity contribution in [2.24, 2.45) is 17.3 Å². The Bertz CT molecular complexity index is 1080. The van der Waals surface area contributed by atoms with Crippen molar-refractivity contribution in [3.8, 4) is 5.75 Å². The molecule has 0 spiro atoms. The van der Waals surface area contributed by atoms with Gasteiger partial charge in [-0.15, -0.1) is 0 Å². The average molecular weight is 465 g/mol.